The highest BCUT2D eigenvalue weighted by atomic mass is 16.7. The number of hydrogen-bond donors (Lipinski definition) is 3. The van der Waals surface area contributed by atoms with Gasteiger partial charge in [0.05, 0.1) is 18.3 Å². The van der Waals surface area contributed by atoms with Crippen molar-refractivity contribution in [1.82, 2.24) is 0 Å². The molecule has 41 heavy (non-hydrogen) atoms. The van der Waals surface area contributed by atoms with Crippen LogP contribution < -0.4 is 0 Å². The molecule has 4 saturated carbocycles. The molecule has 0 aromatic carbocycles. The van der Waals surface area contributed by atoms with Crippen molar-refractivity contribution in [2.75, 3.05) is 6.61 Å². The minimum atomic E-state index is -0.998. The number of carbonyl (C=O) groups is 1. The normalized spacial score (nSPS) is 44.8. The third-order valence-electron chi connectivity index (χ3n) is 12.9. The van der Waals surface area contributed by atoms with Crippen LogP contribution in [0.4, 0.5) is 4.79 Å². The number of hydrogen-bond acceptors (Lipinski definition) is 6. The molecule has 4 unspecified atom stereocenters. The van der Waals surface area contributed by atoms with Gasteiger partial charge in [-0.1, -0.05) is 65.5 Å². The Kier molecular flexibility index (Phi) is 9.53. The van der Waals surface area contributed by atoms with Gasteiger partial charge in [0.15, 0.2) is 0 Å². The first-order valence-corrected chi connectivity index (χ1v) is 17.0. The lowest BCUT2D eigenvalue weighted by molar-refractivity contribution is -0.101. The quantitative estimate of drug-likeness (QED) is 0.213. The van der Waals surface area contributed by atoms with Crippen molar-refractivity contribution in [3.05, 3.63) is 11.6 Å². The van der Waals surface area contributed by atoms with Crippen molar-refractivity contribution in [3.8, 4) is 0 Å². The molecule has 0 aliphatic heterocycles. The molecule has 3 N–H and O–H groups in total. The SMILES string of the molecule is CC(C)CCC[C@H](C)[C@@H]1CC[C@@H]2[C@H]3CC=C4C[C@H](OC(=O)OCC5CC(O)CC(O)C5O)CC[C@@]4(C)[C@@H]3CC[C@]21C. The molecule has 0 bridgehead atoms. The molecule has 0 radical (unpaired) electrons. The topological polar surface area (TPSA) is 96.2 Å². The number of aliphatic hydroxyl groups excluding tert-OH is 3. The van der Waals surface area contributed by atoms with Crippen LogP contribution in [0.2, 0.25) is 0 Å². The van der Waals surface area contributed by atoms with Crippen molar-refractivity contribution >= 4 is 6.16 Å². The van der Waals surface area contributed by atoms with E-state index in [1.165, 1.54) is 56.9 Å². The van der Waals surface area contributed by atoms with Crippen molar-refractivity contribution in [2.24, 2.45) is 52.3 Å². The summed E-state index contributed by atoms with van der Waals surface area (Å²) in [5.41, 5.74) is 2.17. The Morgan fingerprint density at radius 2 is 1.78 bits per heavy atom. The van der Waals surface area contributed by atoms with Crippen LogP contribution >= 0.6 is 0 Å². The maximum atomic E-state index is 12.6. The average Bonchev–Trinajstić information content (AvgIpc) is 3.27. The summed E-state index contributed by atoms with van der Waals surface area (Å²) in [6.45, 7) is 12.3. The van der Waals surface area contributed by atoms with Gasteiger partial charge in [-0.2, -0.15) is 0 Å². The highest BCUT2D eigenvalue weighted by Crippen LogP contribution is 2.67. The monoisotopic (exact) mass is 574 g/mol. The molecule has 0 aromatic heterocycles. The highest BCUT2D eigenvalue weighted by Gasteiger charge is 2.59. The molecule has 0 amide bonds. The van der Waals surface area contributed by atoms with Gasteiger partial charge in [-0.25, -0.2) is 4.79 Å². The lowest BCUT2D eigenvalue weighted by atomic mass is 9.47. The van der Waals surface area contributed by atoms with Crippen molar-refractivity contribution in [1.29, 1.82) is 0 Å². The molecule has 5 aliphatic carbocycles. The summed E-state index contributed by atoms with van der Waals surface area (Å²) in [5, 5.41) is 30.0. The van der Waals surface area contributed by atoms with Gasteiger partial charge in [0.2, 0.25) is 0 Å². The van der Waals surface area contributed by atoms with E-state index < -0.39 is 30.4 Å². The Balaban J connectivity index is 1.16. The third-order valence-corrected chi connectivity index (χ3v) is 12.9. The van der Waals surface area contributed by atoms with E-state index in [2.05, 4.69) is 40.7 Å². The predicted molar refractivity (Wildman–Crippen MR) is 160 cm³/mol. The zero-order chi connectivity index (χ0) is 29.5. The number of ether oxygens (including phenoxy) is 2. The molecule has 12 atom stereocenters. The van der Waals surface area contributed by atoms with Gasteiger partial charge < -0.3 is 24.8 Å². The largest absolute Gasteiger partial charge is 0.508 e. The Bertz CT molecular complexity index is 947. The maximum absolute atomic E-state index is 12.6. The molecule has 5 rings (SSSR count). The molecular weight excluding hydrogens is 516 g/mol. The molecule has 0 heterocycles. The van der Waals surface area contributed by atoms with Gasteiger partial charge >= 0.3 is 6.16 Å². The first kappa shape index (κ1) is 31.3. The van der Waals surface area contributed by atoms with E-state index in [0.29, 0.717) is 11.8 Å². The van der Waals surface area contributed by atoms with Gasteiger partial charge in [-0.05, 0) is 97.7 Å². The fourth-order valence-electron chi connectivity index (χ4n) is 10.6. The summed E-state index contributed by atoms with van der Waals surface area (Å²) in [6, 6.07) is 0. The first-order chi connectivity index (χ1) is 19.4. The number of allylic oxidation sites excluding steroid dienone is 1. The Morgan fingerprint density at radius 3 is 2.54 bits per heavy atom. The second-order valence-electron chi connectivity index (χ2n) is 15.8. The van der Waals surface area contributed by atoms with Crippen LogP contribution in [0.5, 0.6) is 0 Å². The first-order valence-electron chi connectivity index (χ1n) is 17.0. The summed E-state index contributed by atoms with van der Waals surface area (Å²) < 4.78 is 11.1. The molecular formula is C35H58O6. The molecule has 0 spiro atoms. The van der Waals surface area contributed by atoms with E-state index in [9.17, 15) is 20.1 Å². The van der Waals surface area contributed by atoms with Crippen LogP contribution in [-0.4, -0.2) is 52.5 Å². The van der Waals surface area contributed by atoms with Crippen LogP contribution in [0.15, 0.2) is 11.6 Å². The molecule has 5 aliphatic rings. The van der Waals surface area contributed by atoms with Gasteiger partial charge in [0, 0.05) is 18.8 Å². The van der Waals surface area contributed by atoms with E-state index in [1.807, 2.05) is 0 Å². The fraction of sp³-hybridized carbons (Fsp3) is 0.914. The summed E-state index contributed by atoms with van der Waals surface area (Å²) in [7, 11) is 0. The Morgan fingerprint density at radius 1 is 1.00 bits per heavy atom. The molecule has 6 heteroatoms. The Labute approximate surface area is 248 Å². The van der Waals surface area contributed by atoms with Crippen LogP contribution in [0.1, 0.15) is 118 Å². The third kappa shape index (κ3) is 6.27. The highest BCUT2D eigenvalue weighted by molar-refractivity contribution is 5.60. The minimum Gasteiger partial charge on any atom is -0.434 e. The summed E-state index contributed by atoms with van der Waals surface area (Å²) >= 11 is 0. The number of aliphatic hydroxyl groups is 3. The maximum Gasteiger partial charge on any atom is 0.508 e. The average molecular weight is 575 g/mol. The van der Waals surface area contributed by atoms with E-state index in [1.54, 1.807) is 0 Å². The van der Waals surface area contributed by atoms with E-state index in [-0.39, 0.29) is 24.5 Å². The summed E-state index contributed by atoms with van der Waals surface area (Å²) in [5.74, 6) is 4.37. The van der Waals surface area contributed by atoms with Crippen LogP contribution in [0.25, 0.3) is 0 Å². The summed E-state index contributed by atoms with van der Waals surface area (Å²) in [4.78, 5) is 12.6. The fourth-order valence-corrected chi connectivity index (χ4v) is 10.6. The van der Waals surface area contributed by atoms with Crippen molar-refractivity contribution in [2.45, 2.75) is 143 Å². The van der Waals surface area contributed by atoms with Crippen LogP contribution in [0, 0.1) is 52.3 Å². The minimum absolute atomic E-state index is 0.0531. The summed E-state index contributed by atoms with van der Waals surface area (Å²) in [6.07, 6.45) is 12.9. The molecule has 234 valence electrons. The lowest BCUT2D eigenvalue weighted by Crippen LogP contribution is -2.51. The molecule has 0 saturated heterocycles. The second kappa shape index (κ2) is 12.5. The van der Waals surface area contributed by atoms with Gasteiger partial charge in [-0.3, -0.25) is 0 Å². The molecule has 0 aromatic rings. The van der Waals surface area contributed by atoms with Crippen molar-refractivity contribution in [3.63, 3.8) is 0 Å². The van der Waals surface area contributed by atoms with Gasteiger partial charge in [0.25, 0.3) is 0 Å². The van der Waals surface area contributed by atoms with E-state index >= 15 is 0 Å². The van der Waals surface area contributed by atoms with Crippen molar-refractivity contribution < 1.29 is 29.6 Å². The molecule has 6 nitrogen and oxygen atoms in total. The smallest absolute Gasteiger partial charge is 0.434 e. The number of fused-ring (bicyclic) bond motifs is 5. The van der Waals surface area contributed by atoms with E-state index in [4.69, 9.17) is 9.47 Å². The van der Waals surface area contributed by atoms with E-state index in [0.717, 1.165) is 54.8 Å². The second-order valence-corrected chi connectivity index (χ2v) is 15.8. The lowest BCUT2D eigenvalue weighted by Gasteiger charge is -2.58. The number of carbonyl (C=O) groups excluding carboxylic acids is 1. The predicted octanol–water partition coefficient (Wildman–Crippen LogP) is 7.04. The van der Waals surface area contributed by atoms with Gasteiger partial charge in [0.1, 0.15) is 12.7 Å². The number of rotatable bonds is 8. The zero-order valence-electron chi connectivity index (χ0n) is 26.4. The zero-order valence-corrected chi connectivity index (χ0v) is 26.4. The van der Waals surface area contributed by atoms with Gasteiger partial charge in [-0.15, -0.1) is 0 Å². The van der Waals surface area contributed by atoms with Crippen LogP contribution in [-0.2, 0) is 9.47 Å². The Hall–Kier alpha value is -1.11. The van der Waals surface area contributed by atoms with Crippen LogP contribution in [0.3, 0.4) is 0 Å². The molecule has 4 fully saturated rings. The standard InChI is InChI=1S/C35H58O6/c1-21(2)7-6-8-22(3)28-11-12-29-27-10-9-24-18-26(13-15-34(24,4)30(27)14-16-35(28,29)5)41-33(39)40-20-23-17-25(36)19-31(37)32(23)38/h9,21-23,25-32,36-38H,6-8,10-20H2,1-5H3/t22-,23?,25?,26+,27+,28-,29+,30+,31?,32?,34+,35-/m0/s1.